The summed E-state index contributed by atoms with van der Waals surface area (Å²) in [5.41, 5.74) is -0.605. The summed E-state index contributed by atoms with van der Waals surface area (Å²) in [7, 11) is -4.49. The molecule has 2 aromatic carbocycles. The molecule has 1 N–H and O–H groups in total. The summed E-state index contributed by atoms with van der Waals surface area (Å²) in [4.78, 5) is 21.2. The topological polar surface area (TPSA) is 118 Å². The van der Waals surface area contributed by atoms with Crippen molar-refractivity contribution in [2.45, 2.75) is 17.9 Å². The van der Waals surface area contributed by atoms with Crippen molar-refractivity contribution in [1.82, 2.24) is 0 Å². The number of benzene rings is 2. The van der Waals surface area contributed by atoms with Crippen molar-refractivity contribution in [2.75, 3.05) is 4.31 Å². The summed E-state index contributed by atoms with van der Waals surface area (Å²) in [6, 6.07) is 6.85. The summed E-state index contributed by atoms with van der Waals surface area (Å²) in [6.07, 6.45) is 0. The molecule has 1 atom stereocenters. The van der Waals surface area contributed by atoms with Crippen molar-refractivity contribution in [3.8, 4) is 0 Å². The van der Waals surface area contributed by atoms with Crippen LogP contribution in [0.1, 0.15) is 6.92 Å². The molecule has 0 saturated carbocycles. The molecule has 1 unspecified atom stereocenters. The maximum atomic E-state index is 13.1. The Morgan fingerprint density at radius 2 is 1.85 bits per heavy atom. The Hall–Kier alpha value is -2.36. The molecule has 0 fully saturated rings. The number of rotatable bonds is 6. The number of aliphatic carboxylic acids is 1. The van der Waals surface area contributed by atoms with Gasteiger partial charge in [0.05, 0.1) is 25.6 Å². The molecule has 0 saturated heterocycles. The van der Waals surface area contributed by atoms with Gasteiger partial charge in [0.25, 0.3) is 15.7 Å². The van der Waals surface area contributed by atoms with Crippen molar-refractivity contribution in [2.24, 2.45) is 0 Å². The van der Waals surface area contributed by atoms with Gasteiger partial charge in [-0.25, -0.2) is 13.2 Å². The van der Waals surface area contributed by atoms with Gasteiger partial charge in [0.2, 0.25) is 0 Å². The minimum absolute atomic E-state index is 0.0287. The van der Waals surface area contributed by atoms with Gasteiger partial charge in [-0.3, -0.25) is 14.4 Å². The van der Waals surface area contributed by atoms with Crippen LogP contribution in [0, 0.1) is 10.1 Å². The van der Waals surface area contributed by atoms with Crippen molar-refractivity contribution >= 4 is 50.6 Å². The van der Waals surface area contributed by atoms with Gasteiger partial charge in [0, 0.05) is 12.1 Å². The number of non-ortho nitro benzene ring substituents is 1. The first-order valence-corrected chi connectivity index (χ1v) is 9.22. The molecular weight excluding hydrogens is 407 g/mol. The second-order valence-corrected chi connectivity index (χ2v) is 7.74. The van der Waals surface area contributed by atoms with Crippen molar-refractivity contribution in [3.63, 3.8) is 0 Å². The van der Waals surface area contributed by atoms with Crippen LogP contribution in [0.2, 0.25) is 10.0 Å². The van der Waals surface area contributed by atoms with Crippen LogP contribution in [-0.2, 0) is 14.8 Å². The lowest BCUT2D eigenvalue weighted by molar-refractivity contribution is -0.385. The molecule has 138 valence electrons. The smallest absolute Gasteiger partial charge is 0.327 e. The highest BCUT2D eigenvalue weighted by molar-refractivity contribution is 7.93. The van der Waals surface area contributed by atoms with Gasteiger partial charge < -0.3 is 5.11 Å². The minimum atomic E-state index is -4.49. The van der Waals surface area contributed by atoms with Crippen LogP contribution in [0.4, 0.5) is 11.4 Å². The number of nitro groups is 1. The van der Waals surface area contributed by atoms with E-state index < -0.39 is 37.5 Å². The number of hydrogen-bond donors (Lipinski definition) is 1. The molecule has 0 radical (unpaired) electrons. The fraction of sp³-hybridized carbons (Fsp3) is 0.133. The lowest BCUT2D eigenvalue weighted by atomic mass is 10.2. The summed E-state index contributed by atoms with van der Waals surface area (Å²) >= 11 is 12.0. The Balaban J connectivity index is 2.72. The number of sulfonamides is 1. The molecule has 0 heterocycles. The predicted molar refractivity (Wildman–Crippen MR) is 96.3 cm³/mol. The van der Waals surface area contributed by atoms with Crippen LogP contribution in [-0.4, -0.2) is 30.5 Å². The number of nitrogens with zero attached hydrogens (tertiary/aromatic N) is 2. The van der Waals surface area contributed by atoms with Crippen LogP contribution in [0.25, 0.3) is 0 Å². The van der Waals surface area contributed by atoms with Gasteiger partial charge in [-0.05, 0) is 25.1 Å². The Kier molecular flexibility index (Phi) is 5.74. The maximum absolute atomic E-state index is 13.1. The summed E-state index contributed by atoms with van der Waals surface area (Å²) in [5, 5.41) is 20.1. The second kappa shape index (κ2) is 7.48. The molecule has 0 aliphatic rings. The fourth-order valence-electron chi connectivity index (χ4n) is 2.18. The molecule has 0 spiro atoms. The third kappa shape index (κ3) is 3.74. The third-order valence-electron chi connectivity index (χ3n) is 3.46. The zero-order valence-electron chi connectivity index (χ0n) is 13.2. The van der Waals surface area contributed by atoms with Crippen LogP contribution < -0.4 is 4.31 Å². The highest BCUT2D eigenvalue weighted by atomic mass is 35.5. The largest absolute Gasteiger partial charge is 0.480 e. The fourth-order valence-corrected chi connectivity index (χ4v) is 4.28. The van der Waals surface area contributed by atoms with Gasteiger partial charge >= 0.3 is 5.97 Å². The Morgan fingerprint density at radius 3 is 2.42 bits per heavy atom. The molecule has 2 aromatic rings. The first-order chi connectivity index (χ1) is 12.1. The molecule has 0 bridgehead atoms. The maximum Gasteiger partial charge on any atom is 0.327 e. The number of hydrogen-bond acceptors (Lipinski definition) is 5. The number of halogens is 2. The van der Waals surface area contributed by atoms with Crippen LogP contribution in [0.15, 0.2) is 47.4 Å². The third-order valence-corrected chi connectivity index (χ3v) is 6.15. The van der Waals surface area contributed by atoms with E-state index >= 15 is 0 Å². The normalized spacial score (nSPS) is 12.4. The molecule has 0 aromatic heterocycles. The molecule has 11 heteroatoms. The number of anilines is 1. The number of carboxylic acids is 1. The lowest BCUT2D eigenvalue weighted by Crippen LogP contribution is -2.43. The van der Waals surface area contributed by atoms with E-state index in [1.807, 2.05) is 0 Å². The first kappa shape index (κ1) is 20.0. The van der Waals surface area contributed by atoms with E-state index in [0.29, 0.717) is 4.31 Å². The Morgan fingerprint density at radius 1 is 1.23 bits per heavy atom. The van der Waals surface area contributed by atoms with E-state index in [9.17, 15) is 28.4 Å². The summed E-state index contributed by atoms with van der Waals surface area (Å²) in [5.74, 6) is -1.44. The molecule has 0 aliphatic heterocycles. The average molecular weight is 419 g/mol. The van der Waals surface area contributed by atoms with E-state index in [-0.39, 0.29) is 15.7 Å². The standard InChI is InChI=1S/C15H12Cl2N2O6S/c1-9(15(20)21)18(13-7-3-6-12(16)14(13)17)26(24,25)11-5-2-4-10(8-11)19(22)23/h2-9H,1H3,(H,20,21). The van der Waals surface area contributed by atoms with Crippen molar-refractivity contribution < 1.29 is 23.2 Å². The quantitative estimate of drug-likeness (QED) is 0.565. The monoisotopic (exact) mass is 418 g/mol. The summed E-state index contributed by atoms with van der Waals surface area (Å²) in [6.45, 7) is 1.15. The molecule has 26 heavy (non-hydrogen) atoms. The Labute approximate surface area is 158 Å². The zero-order chi connectivity index (χ0) is 19.6. The van der Waals surface area contributed by atoms with Crippen LogP contribution in [0.5, 0.6) is 0 Å². The molecular formula is C15H12Cl2N2O6S. The van der Waals surface area contributed by atoms with E-state index in [2.05, 4.69) is 0 Å². The molecule has 0 aliphatic carbocycles. The van der Waals surface area contributed by atoms with Crippen molar-refractivity contribution in [1.29, 1.82) is 0 Å². The van der Waals surface area contributed by atoms with E-state index in [1.54, 1.807) is 0 Å². The van der Waals surface area contributed by atoms with Gasteiger partial charge in [0.15, 0.2) is 0 Å². The van der Waals surface area contributed by atoms with Crippen LogP contribution >= 0.6 is 23.2 Å². The summed E-state index contributed by atoms with van der Waals surface area (Å²) < 4.78 is 26.7. The second-order valence-electron chi connectivity index (χ2n) is 5.14. The van der Waals surface area contributed by atoms with E-state index in [0.717, 1.165) is 25.1 Å². The zero-order valence-corrected chi connectivity index (χ0v) is 15.5. The number of nitro benzene ring substituents is 1. The highest BCUT2D eigenvalue weighted by Crippen LogP contribution is 2.37. The van der Waals surface area contributed by atoms with E-state index in [4.69, 9.17) is 23.2 Å². The Bertz CT molecular complexity index is 980. The van der Waals surface area contributed by atoms with Crippen LogP contribution in [0.3, 0.4) is 0 Å². The van der Waals surface area contributed by atoms with Gasteiger partial charge in [0.1, 0.15) is 6.04 Å². The highest BCUT2D eigenvalue weighted by Gasteiger charge is 2.35. The van der Waals surface area contributed by atoms with Gasteiger partial charge in [-0.15, -0.1) is 0 Å². The minimum Gasteiger partial charge on any atom is -0.480 e. The van der Waals surface area contributed by atoms with Gasteiger partial charge in [-0.2, -0.15) is 0 Å². The average Bonchev–Trinajstić information content (AvgIpc) is 2.58. The first-order valence-electron chi connectivity index (χ1n) is 7.03. The van der Waals surface area contributed by atoms with E-state index in [1.165, 1.54) is 24.3 Å². The molecule has 2 rings (SSSR count). The molecule has 0 amide bonds. The number of carbonyl (C=O) groups is 1. The van der Waals surface area contributed by atoms with Gasteiger partial charge in [-0.1, -0.05) is 35.3 Å². The predicted octanol–water partition coefficient (Wildman–Crippen LogP) is 3.57. The number of carboxylic acid groups (broad SMARTS) is 1. The lowest BCUT2D eigenvalue weighted by Gasteiger charge is -2.28. The molecule has 8 nitrogen and oxygen atoms in total. The van der Waals surface area contributed by atoms with Crippen molar-refractivity contribution in [3.05, 3.63) is 62.6 Å². The SMILES string of the molecule is CC(C(=O)O)N(c1cccc(Cl)c1Cl)S(=O)(=O)c1cccc([N+](=O)[O-])c1.